The van der Waals surface area contributed by atoms with E-state index in [1.165, 1.54) is 12.8 Å². The lowest BCUT2D eigenvalue weighted by atomic mass is 9.83. The molecule has 5 heteroatoms. The van der Waals surface area contributed by atoms with Gasteiger partial charge in [-0.05, 0) is 38.5 Å². The van der Waals surface area contributed by atoms with Crippen LogP contribution >= 0.6 is 0 Å². The first kappa shape index (κ1) is 17.3. The number of nitrogens with zero attached hydrogens (tertiary/aromatic N) is 1. The minimum Gasteiger partial charge on any atom is -0.464 e. The summed E-state index contributed by atoms with van der Waals surface area (Å²) in [6, 6.07) is -0.203. The highest BCUT2D eigenvalue weighted by molar-refractivity contribution is 5.99. The van der Waals surface area contributed by atoms with E-state index in [9.17, 15) is 9.59 Å². The number of carbonyl (C=O) groups is 2. The number of hydrogen-bond acceptors (Lipinski definition) is 5. The Morgan fingerprint density at radius 1 is 0.909 bits per heavy atom. The van der Waals surface area contributed by atoms with Crippen LogP contribution in [0.2, 0.25) is 0 Å². The molecule has 0 saturated heterocycles. The zero-order chi connectivity index (χ0) is 15.9. The molecule has 0 amide bonds. The van der Waals surface area contributed by atoms with Gasteiger partial charge in [0.15, 0.2) is 0 Å². The maximum atomic E-state index is 12.5. The number of hydrogen-bond donors (Lipinski definition) is 0. The van der Waals surface area contributed by atoms with Gasteiger partial charge in [0.25, 0.3) is 0 Å². The van der Waals surface area contributed by atoms with E-state index in [-0.39, 0.29) is 0 Å². The predicted octanol–water partition coefficient (Wildman–Crippen LogP) is 2.67. The molecular formula is C17H29NO4. The average Bonchev–Trinajstić information content (AvgIpc) is 2.39. The minimum atomic E-state index is -0.867. The van der Waals surface area contributed by atoms with Crippen molar-refractivity contribution in [3.05, 3.63) is 0 Å². The van der Waals surface area contributed by atoms with E-state index in [4.69, 9.17) is 9.47 Å². The van der Waals surface area contributed by atoms with Gasteiger partial charge in [-0.1, -0.05) is 26.7 Å². The third-order valence-electron chi connectivity index (χ3n) is 4.63. The number of carbonyl (C=O) groups excluding carboxylic acids is 2. The molecule has 0 heterocycles. The molecule has 2 rings (SSSR count). The Hall–Kier alpha value is -1.10. The molecule has 0 atom stereocenters. The van der Waals surface area contributed by atoms with Gasteiger partial charge in [-0.25, -0.2) is 9.59 Å². The molecule has 2 aliphatic rings. The summed E-state index contributed by atoms with van der Waals surface area (Å²) in [4.78, 5) is 27.1. The molecular weight excluding hydrogens is 282 g/mol. The van der Waals surface area contributed by atoms with Crippen molar-refractivity contribution in [2.75, 3.05) is 13.2 Å². The first-order valence-corrected chi connectivity index (χ1v) is 8.79. The molecule has 0 aromatic rings. The van der Waals surface area contributed by atoms with Crippen molar-refractivity contribution in [3.63, 3.8) is 0 Å². The van der Waals surface area contributed by atoms with Gasteiger partial charge in [-0.15, -0.1) is 0 Å². The van der Waals surface area contributed by atoms with Crippen molar-refractivity contribution >= 4 is 11.9 Å². The Bertz CT molecular complexity index is 343. The monoisotopic (exact) mass is 311 g/mol. The van der Waals surface area contributed by atoms with Crippen molar-refractivity contribution in [1.82, 2.24) is 4.90 Å². The van der Waals surface area contributed by atoms with Crippen molar-refractivity contribution < 1.29 is 19.1 Å². The Labute approximate surface area is 133 Å². The maximum absolute atomic E-state index is 12.5. The van der Waals surface area contributed by atoms with Crippen LogP contribution in [0.5, 0.6) is 0 Å². The van der Waals surface area contributed by atoms with Crippen LogP contribution in [0.15, 0.2) is 0 Å². The highest BCUT2D eigenvalue weighted by atomic mass is 16.6. The van der Waals surface area contributed by atoms with Crippen molar-refractivity contribution in [2.24, 2.45) is 0 Å². The molecule has 0 bridgehead atoms. The van der Waals surface area contributed by atoms with Crippen LogP contribution in [0.4, 0.5) is 0 Å². The van der Waals surface area contributed by atoms with Crippen molar-refractivity contribution in [2.45, 2.75) is 83.3 Å². The summed E-state index contributed by atoms with van der Waals surface area (Å²) in [5.74, 6) is -0.858. The smallest absolute Gasteiger partial charge is 0.335 e. The Morgan fingerprint density at radius 3 is 1.59 bits per heavy atom. The zero-order valence-electron chi connectivity index (χ0n) is 13.9. The van der Waals surface area contributed by atoms with Gasteiger partial charge in [0.2, 0.25) is 6.04 Å². The molecule has 2 aliphatic carbocycles. The SMILES string of the molecule is CCCOC(=O)C(C(=O)OCCC)N(C1CCC1)C1CCC1. The highest BCUT2D eigenvalue weighted by Crippen LogP contribution is 2.36. The van der Waals surface area contributed by atoms with E-state index in [0.29, 0.717) is 25.3 Å². The number of ether oxygens (including phenoxy) is 2. The van der Waals surface area contributed by atoms with E-state index in [0.717, 1.165) is 38.5 Å². The minimum absolute atomic E-state index is 0.332. The summed E-state index contributed by atoms with van der Waals surface area (Å²) in [5.41, 5.74) is 0. The summed E-state index contributed by atoms with van der Waals surface area (Å²) in [6.45, 7) is 4.62. The predicted molar refractivity (Wildman–Crippen MR) is 83.4 cm³/mol. The molecule has 0 aliphatic heterocycles. The van der Waals surface area contributed by atoms with Crippen LogP contribution in [0.1, 0.15) is 65.2 Å². The quantitative estimate of drug-likeness (QED) is 0.484. The van der Waals surface area contributed by atoms with Gasteiger partial charge >= 0.3 is 11.9 Å². The third-order valence-corrected chi connectivity index (χ3v) is 4.63. The molecule has 0 radical (unpaired) electrons. The zero-order valence-corrected chi connectivity index (χ0v) is 13.9. The van der Waals surface area contributed by atoms with Gasteiger partial charge in [0.1, 0.15) is 0 Å². The Balaban J connectivity index is 2.11. The Kier molecular flexibility index (Phi) is 6.68. The van der Waals surface area contributed by atoms with Gasteiger partial charge < -0.3 is 9.47 Å². The molecule has 0 spiro atoms. The highest BCUT2D eigenvalue weighted by Gasteiger charge is 2.45. The molecule has 0 unspecified atom stereocenters. The van der Waals surface area contributed by atoms with E-state index in [2.05, 4.69) is 4.90 Å². The second-order valence-corrected chi connectivity index (χ2v) is 6.35. The van der Waals surface area contributed by atoms with Crippen LogP contribution < -0.4 is 0 Å². The average molecular weight is 311 g/mol. The van der Waals surface area contributed by atoms with Crippen LogP contribution in [0.3, 0.4) is 0 Å². The summed E-state index contributed by atoms with van der Waals surface area (Å²) < 4.78 is 10.6. The number of rotatable bonds is 9. The lowest BCUT2D eigenvalue weighted by molar-refractivity contribution is -0.170. The summed E-state index contributed by atoms with van der Waals surface area (Å²) in [6.07, 6.45) is 8.13. The standard InChI is InChI=1S/C17H29NO4/c1-3-11-21-16(19)15(17(20)22-12-4-2)18(13-7-5-8-13)14-9-6-10-14/h13-15H,3-12H2,1-2H3. The van der Waals surface area contributed by atoms with Gasteiger partial charge in [-0.3, -0.25) is 4.90 Å². The van der Waals surface area contributed by atoms with Crippen molar-refractivity contribution in [3.8, 4) is 0 Å². The first-order valence-electron chi connectivity index (χ1n) is 8.79. The number of esters is 2. The summed E-state index contributed by atoms with van der Waals surface area (Å²) in [7, 11) is 0. The lowest BCUT2D eigenvalue weighted by Gasteiger charge is -2.48. The van der Waals surface area contributed by atoms with Gasteiger partial charge in [0, 0.05) is 12.1 Å². The van der Waals surface area contributed by atoms with Crippen LogP contribution in [-0.4, -0.2) is 48.2 Å². The lowest BCUT2D eigenvalue weighted by Crippen LogP contribution is -2.60. The first-order chi connectivity index (χ1) is 10.7. The fourth-order valence-corrected chi connectivity index (χ4v) is 2.99. The maximum Gasteiger partial charge on any atom is 0.335 e. The molecule has 0 aromatic heterocycles. The fraction of sp³-hybridized carbons (Fsp3) is 0.882. The molecule has 0 N–H and O–H groups in total. The van der Waals surface area contributed by atoms with Crippen molar-refractivity contribution in [1.29, 1.82) is 0 Å². The molecule has 2 fully saturated rings. The molecule has 126 valence electrons. The van der Waals surface area contributed by atoms with E-state index in [1.807, 2.05) is 13.8 Å². The van der Waals surface area contributed by atoms with Gasteiger partial charge in [0.05, 0.1) is 13.2 Å². The van der Waals surface area contributed by atoms with E-state index < -0.39 is 18.0 Å². The van der Waals surface area contributed by atoms with E-state index >= 15 is 0 Å². The topological polar surface area (TPSA) is 55.8 Å². The fourth-order valence-electron chi connectivity index (χ4n) is 2.99. The molecule has 2 saturated carbocycles. The van der Waals surface area contributed by atoms with Crippen LogP contribution in [0.25, 0.3) is 0 Å². The largest absolute Gasteiger partial charge is 0.464 e. The summed E-state index contributed by atoms with van der Waals surface area (Å²) >= 11 is 0. The molecule has 5 nitrogen and oxygen atoms in total. The normalized spacial score (nSPS) is 18.9. The third kappa shape index (κ3) is 4.00. The van der Waals surface area contributed by atoms with E-state index in [1.54, 1.807) is 0 Å². The van der Waals surface area contributed by atoms with Crippen LogP contribution in [0, 0.1) is 0 Å². The Morgan fingerprint density at radius 2 is 1.32 bits per heavy atom. The molecule has 22 heavy (non-hydrogen) atoms. The summed E-state index contributed by atoms with van der Waals surface area (Å²) in [5, 5.41) is 0. The second kappa shape index (κ2) is 8.51. The van der Waals surface area contributed by atoms with Crippen LogP contribution in [-0.2, 0) is 19.1 Å². The second-order valence-electron chi connectivity index (χ2n) is 6.35. The molecule has 0 aromatic carbocycles. The van der Waals surface area contributed by atoms with Gasteiger partial charge in [-0.2, -0.15) is 0 Å².